The summed E-state index contributed by atoms with van der Waals surface area (Å²) >= 11 is 7.40. The molecule has 3 heterocycles. The number of aromatic nitrogens is 1. The highest BCUT2D eigenvalue weighted by Gasteiger charge is 2.18. The molecule has 0 saturated carbocycles. The Morgan fingerprint density at radius 2 is 2.22 bits per heavy atom. The van der Waals surface area contributed by atoms with Crippen molar-refractivity contribution >= 4 is 28.8 Å². The number of H-pyrrole nitrogens is 1. The minimum absolute atomic E-state index is 0.147. The number of amides is 1. The second-order valence-electron chi connectivity index (χ2n) is 6.06. The van der Waals surface area contributed by atoms with E-state index in [4.69, 9.17) is 21.1 Å². The van der Waals surface area contributed by atoms with E-state index < -0.39 is 0 Å². The van der Waals surface area contributed by atoms with Crippen LogP contribution in [0.1, 0.15) is 21.5 Å². The van der Waals surface area contributed by atoms with Crippen molar-refractivity contribution in [2.24, 2.45) is 0 Å². The Balaban J connectivity index is 1.44. The predicted octanol–water partition coefficient (Wildman–Crippen LogP) is 4.37. The monoisotopic (exact) mass is 406 g/mol. The molecule has 27 heavy (non-hydrogen) atoms. The summed E-state index contributed by atoms with van der Waals surface area (Å²) in [4.78, 5) is 16.4. The molecule has 4 rings (SSSR count). The second kappa shape index (κ2) is 7.72. The van der Waals surface area contributed by atoms with Crippen LogP contribution in [0.4, 0.5) is 4.39 Å². The van der Waals surface area contributed by atoms with Gasteiger partial charge in [-0.2, -0.15) is 0 Å². The van der Waals surface area contributed by atoms with Crippen molar-refractivity contribution in [1.29, 1.82) is 0 Å². The lowest BCUT2D eigenvalue weighted by Gasteiger charge is -2.21. The number of aromatic amines is 1. The number of rotatable bonds is 5. The Hall–Kier alpha value is -2.35. The molecule has 2 aromatic heterocycles. The number of hydrogen-bond acceptors (Lipinski definition) is 4. The van der Waals surface area contributed by atoms with Gasteiger partial charge in [-0.05, 0) is 36.2 Å². The molecule has 1 aliphatic rings. The first-order valence-corrected chi connectivity index (χ1v) is 9.54. The molecule has 0 unspecified atom stereocenters. The van der Waals surface area contributed by atoms with Crippen molar-refractivity contribution in [1.82, 2.24) is 10.3 Å². The number of benzene rings is 1. The van der Waals surface area contributed by atoms with E-state index in [1.807, 2.05) is 6.07 Å². The fourth-order valence-electron chi connectivity index (χ4n) is 3.06. The second-order valence-corrected chi connectivity index (χ2v) is 7.77. The first kappa shape index (κ1) is 18.0. The molecule has 1 amide bonds. The van der Waals surface area contributed by atoms with E-state index in [2.05, 4.69) is 10.3 Å². The Morgan fingerprint density at radius 1 is 1.33 bits per heavy atom. The first-order chi connectivity index (χ1) is 13.1. The maximum Gasteiger partial charge on any atom is 0.253 e. The van der Waals surface area contributed by atoms with E-state index >= 15 is 0 Å². The molecule has 8 heteroatoms. The van der Waals surface area contributed by atoms with Crippen LogP contribution in [0, 0.1) is 5.82 Å². The maximum absolute atomic E-state index is 13.8. The smallest absolute Gasteiger partial charge is 0.253 e. The normalized spacial score (nSPS) is 13.1. The number of ether oxygens (including phenoxy) is 2. The molecule has 140 valence electrons. The topological polar surface area (TPSA) is 63.4 Å². The quantitative estimate of drug-likeness (QED) is 0.661. The molecule has 2 N–H and O–H groups in total. The molecule has 0 spiro atoms. The van der Waals surface area contributed by atoms with Crippen LogP contribution in [0.15, 0.2) is 36.7 Å². The Labute approximate surface area is 164 Å². The molecule has 0 saturated heterocycles. The molecule has 5 nitrogen and oxygen atoms in total. The SMILES string of the molecule is O=C(NCCc1cc(F)cc2c1OCOC2)c1c[nH]cc1-c1ccc(Cl)s1. The predicted molar refractivity (Wildman–Crippen MR) is 102 cm³/mol. The minimum atomic E-state index is -0.341. The average Bonchev–Trinajstić information content (AvgIpc) is 3.30. The molecule has 0 bridgehead atoms. The van der Waals surface area contributed by atoms with Gasteiger partial charge in [0.15, 0.2) is 6.79 Å². The van der Waals surface area contributed by atoms with Crippen molar-refractivity contribution in [2.75, 3.05) is 13.3 Å². The number of fused-ring (bicyclic) bond motifs is 1. The summed E-state index contributed by atoms with van der Waals surface area (Å²) in [5.41, 5.74) is 2.74. The van der Waals surface area contributed by atoms with Gasteiger partial charge in [0.05, 0.1) is 16.5 Å². The molecule has 1 aromatic carbocycles. The fraction of sp³-hybridized carbons (Fsp3) is 0.211. The van der Waals surface area contributed by atoms with Gasteiger partial charge >= 0.3 is 0 Å². The van der Waals surface area contributed by atoms with Crippen LogP contribution in [-0.4, -0.2) is 24.2 Å². The maximum atomic E-state index is 13.8. The van der Waals surface area contributed by atoms with Crippen LogP contribution in [0.5, 0.6) is 5.75 Å². The Morgan fingerprint density at radius 3 is 3.04 bits per heavy atom. The summed E-state index contributed by atoms with van der Waals surface area (Å²) in [5.74, 6) is 0.101. The van der Waals surface area contributed by atoms with E-state index in [-0.39, 0.29) is 18.5 Å². The molecular weight excluding hydrogens is 391 g/mol. The van der Waals surface area contributed by atoms with Crippen LogP contribution >= 0.6 is 22.9 Å². The molecular formula is C19H16ClFN2O3S. The number of thiophene rings is 1. The van der Waals surface area contributed by atoms with E-state index in [1.165, 1.54) is 23.5 Å². The van der Waals surface area contributed by atoms with E-state index in [0.717, 1.165) is 10.4 Å². The molecule has 0 radical (unpaired) electrons. The third-order valence-corrected chi connectivity index (χ3v) is 5.52. The van der Waals surface area contributed by atoms with E-state index in [9.17, 15) is 9.18 Å². The highest BCUT2D eigenvalue weighted by molar-refractivity contribution is 7.19. The molecule has 0 fully saturated rings. The van der Waals surface area contributed by atoms with Crippen LogP contribution in [0.2, 0.25) is 4.34 Å². The lowest BCUT2D eigenvalue weighted by atomic mass is 10.1. The lowest BCUT2D eigenvalue weighted by Crippen LogP contribution is -2.26. The van der Waals surface area contributed by atoms with Gasteiger partial charge in [0.2, 0.25) is 0 Å². The Kier molecular flexibility index (Phi) is 5.15. The summed E-state index contributed by atoms with van der Waals surface area (Å²) in [6.45, 7) is 0.825. The third kappa shape index (κ3) is 3.85. The van der Waals surface area contributed by atoms with Crippen molar-refractivity contribution in [3.63, 3.8) is 0 Å². The van der Waals surface area contributed by atoms with Gasteiger partial charge in [-0.1, -0.05) is 11.6 Å². The fourth-order valence-corrected chi connectivity index (χ4v) is 4.14. The molecule has 0 atom stereocenters. The van der Waals surface area contributed by atoms with Crippen molar-refractivity contribution in [2.45, 2.75) is 13.0 Å². The largest absolute Gasteiger partial charge is 0.467 e. The van der Waals surface area contributed by atoms with Crippen LogP contribution in [0.3, 0.4) is 0 Å². The van der Waals surface area contributed by atoms with Gasteiger partial charge in [-0.25, -0.2) is 4.39 Å². The Bertz CT molecular complexity index is 985. The number of hydrogen-bond donors (Lipinski definition) is 2. The van der Waals surface area contributed by atoms with Gasteiger partial charge in [-0.15, -0.1) is 11.3 Å². The standard InChI is InChI=1S/C19H16ClFN2O3S/c20-17-2-1-16(27-17)14-7-22-8-15(14)19(24)23-4-3-11-5-13(21)6-12-9-25-10-26-18(11)12/h1-2,5-8,22H,3-4,9-10H2,(H,23,24). The summed E-state index contributed by atoms with van der Waals surface area (Å²) < 4.78 is 25.1. The average molecular weight is 407 g/mol. The third-order valence-electron chi connectivity index (χ3n) is 4.26. The zero-order chi connectivity index (χ0) is 18.8. The van der Waals surface area contributed by atoms with Crippen LogP contribution in [0.25, 0.3) is 10.4 Å². The molecule has 3 aromatic rings. The first-order valence-electron chi connectivity index (χ1n) is 8.34. The van der Waals surface area contributed by atoms with Crippen molar-refractivity contribution in [3.05, 3.63) is 63.5 Å². The highest BCUT2D eigenvalue weighted by atomic mass is 35.5. The van der Waals surface area contributed by atoms with Crippen molar-refractivity contribution in [3.8, 4) is 16.2 Å². The summed E-state index contributed by atoms with van der Waals surface area (Å²) in [6, 6.07) is 6.53. The molecule has 0 aliphatic carbocycles. The van der Waals surface area contributed by atoms with Crippen LogP contribution in [-0.2, 0) is 17.8 Å². The van der Waals surface area contributed by atoms with Gasteiger partial charge in [0.1, 0.15) is 11.6 Å². The van der Waals surface area contributed by atoms with Crippen LogP contribution < -0.4 is 10.1 Å². The molecule has 1 aliphatic heterocycles. The number of carbonyl (C=O) groups excluding carboxylic acids is 1. The number of carbonyl (C=O) groups is 1. The lowest BCUT2D eigenvalue weighted by molar-refractivity contribution is -0.0172. The van der Waals surface area contributed by atoms with Gasteiger partial charge in [0.25, 0.3) is 5.91 Å². The summed E-state index contributed by atoms with van der Waals surface area (Å²) in [6.07, 6.45) is 3.88. The number of nitrogens with one attached hydrogen (secondary N) is 2. The van der Waals surface area contributed by atoms with Gasteiger partial charge < -0.3 is 19.8 Å². The summed E-state index contributed by atoms with van der Waals surface area (Å²) in [5, 5.41) is 2.88. The van der Waals surface area contributed by atoms with Crippen molar-refractivity contribution < 1.29 is 18.7 Å². The summed E-state index contributed by atoms with van der Waals surface area (Å²) in [7, 11) is 0. The van der Waals surface area contributed by atoms with E-state index in [0.29, 0.717) is 46.3 Å². The van der Waals surface area contributed by atoms with Gasteiger partial charge in [0, 0.05) is 34.9 Å². The minimum Gasteiger partial charge on any atom is -0.467 e. The zero-order valence-electron chi connectivity index (χ0n) is 14.2. The van der Waals surface area contributed by atoms with Gasteiger partial charge in [-0.3, -0.25) is 4.79 Å². The van der Waals surface area contributed by atoms with E-state index in [1.54, 1.807) is 18.5 Å². The zero-order valence-corrected chi connectivity index (χ0v) is 15.8. The number of halogens is 2. The highest BCUT2D eigenvalue weighted by Crippen LogP contribution is 2.33.